The largest absolute Gasteiger partial charge is 0.441 e. The predicted octanol–water partition coefficient (Wildman–Crippen LogP) is 4.07. The molecule has 0 spiro atoms. The molecular weight excluding hydrogens is 274 g/mol. The van der Waals surface area contributed by atoms with E-state index in [1.54, 1.807) is 6.07 Å². The van der Waals surface area contributed by atoms with Crippen LogP contribution in [-0.2, 0) is 6.42 Å². The first-order valence-electron chi connectivity index (χ1n) is 6.41. The Hall–Kier alpha value is -1.84. The number of rotatable bonds is 3. The summed E-state index contributed by atoms with van der Waals surface area (Å²) in [5, 5.41) is 10.9. The van der Waals surface area contributed by atoms with Crippen LogP contribution in [0.2, 0.25) is 5.02 Å². The topological polar surface area (TPSA) is 46.3 Å². The zero-order valence-electron chi connectivity index (χ0n) is 11.0. The van der Waals surface area contributed by atoms with E-state index in [2.05, 4.69) is 4.98 Å². The molecule has 0 aliphatic heterocycles. The Morgan fingerprint density at radius 3 is 2.80 bits per heavy atom. The second-order valence-corrected chi connectivity index (χ2v) is 5.29. The highest BCUT2D eigenvalue weighted by Crippen LogP contribution is 2.24. The van der Waals surface area contributed by atoms with Gasteiger partial charge in [0.25, 0.3) is 0 Å². The maximum absolute atomic E-state index is 10.3. The molecule has 0 amide bonds. The van der Waals surface area contributed by atoms with Gasteiger partial charge >= 0.3 is 0 Å². The first-order valence-corrected chi connectivity index (χ1v) is 6.79. The summed E-state index contributed by atoms with van der Waals surface area (Å²) < 4.78 is 5.62. The van der Waals surface area contributed by atoms with E-state index in [1.807, 2.05) is 43.3 Å². The molecule has 102 valence electrons. The van der Waals surface area contributed by atoms with E-state index in [0.29, 0.717) is 17.3 Å². The van der Waals surface area contributed by atoms with Crippen LogP contribution in [0.1, 0.15) is 23.1 Å². The van der Waals surface area contributed by atoms with Crippen molar-refractivity contribution in [2.24, 2.45) is 0 Å². The zero-order chi connectivity index (χ0) is 14.1. The van der Waals surface area contributed by atoms with Gasteiger partial charge in [-0.1, -0.05) is 29.8 Å². The van der Waals surface area contributed by atoms with Crippen LogP contribution in [0.5, 0.6) is 0 Å². The Labute approximate surface area is 121 Å². The van der Waals surface area contributed by atoms with Crippen molar-refractivity contribution in [1.82, 2.24) is 4.98 Å². The van der Waals surface area contributed by atoms with Gasteiger partial charge in [0.15, 0.2) is 11.5 Å². The minimum Gasteiger partial charge on any atom is -0.441 e. The van der Waals surface area contributed by atoms with Gasteiger partial charge in [-0.2, -0.15) is 0 Å². The van der Waals surface area contributed by atoms with Crippen LogP contribution in [-0.4, -0.2) is 10.1 Å². The number of hydrogen-bond donors (Lipinski definition) is 1. The number of oxazole rings is 1. The molecule has 4 heteroatoms. The molecule has 20 heavy (non-hydrogen) atoms. The monoisotopic (exact) mass is 287 g/mol. The summed E-state index contributed by atoms with van der Waals surface area (Å²) >= 11 is 6.01. The number of benzene rings is 2. The maximum atomic E-state index is 10.3. The Balaban J connectivity index is 1.86. The fourth-order valence-electron chi connectivity index (χ4n) is 2.25. The summed E-state index contributed by atoms with van der Waals surface area (Å²) in [7, 11) is 0. The van der Waals surface area contributed by atoms with E-state index in [0.717, 1.165) is 22.2 Å². The van der Waals surface area contributed by atoms with E-state index in [1.165, 1.54) is 0 Å². The van der Waals surface area contributed by atoms with E-state index >= 15 is 0 Å². The number of nitrogens with zero attached hydrogens (tertiary/aromatic N) is 1. The molecule has 3 nitrogen and oxygen atoms in total. The van der Waals surface area contributed by atoms with Crippen molar-refractivity contribution in [3.8, 4) is 0 Å². The summed E-state index contributed by atoms with van der Waals surface area (Å²) in [5.41, 5.74) is 3.33. The van der Waals surface area contributed by atoms with Crippen molar-refractivity contribution in [2.45, 2.75) is 19.4 Å². The Morgan fingerprint density at radius 1 is 1.25 bits per heavy atom. The summed E-state index contributed by atoms with van der Waals surface area (Å²) in [5.74, 6) is 0.524. The van der Waals surface area contributed by atoms with Crippen molar-refractivity contribution >= 4 is 22.7 Å². The van der Waals surface area contributed by atoms with Crippen LogP contribution in [0, 0.1) is 6.92 Å². The summed E-state index contributed by atoms with van der Waals surface area (Å²) in [6.07, 6.45) is -0.352. The third kappa shape index (κ3) is 2.69. The molecule has 0 saturated heterocycles. The second-order valence-electron chi connectivity index (χ2n) is 4.86. The van der Waals surface area contributed by atoms with Gasteiger partial charge in [-0.3, -0.25) is 0 Å². The van der Waals surface area contributed by atoms with E-state index in [4.69, 9.17) is 16.0 Å². The first-order chi connectivity index (χ1) is 9.61. The number of aliphatic hydroxyl groups excluding tert-OH is 1. The van der Waals surface area contributed by atoms with Gasteiger partial charge in [-0.25, -0.2) is 4.98 Å². The molecule has 1 N–H and O–H groups in total. The number of aromatic nitrogens is 1. The number of aryl methyl sites for hydroxylation is 1. The molecule has 3 rings (SSSR count). The van der Waals surface area contributed by atoms with Crippen LogP contribution in [0.15, 0.2) is 46.9 Å². The SMILES string of the molecule is Cc1cc(Cl)cc(C(O)Cc2nc3ccccc3o2)c1. The molecule has 1 aromatic heterocycles. The van der Waals surface area contributed by atoms with Gasteiger partial charge in [-0.15, -0.1) is 0 Å². The molecule has 1 atom stereocenters. The smallest absolute Gasteiger partial charge is 0.198 e. The van der Waals surface area contributed by atoms with E-state index in [9.17, 15) is 5.11 Å². The highest BCUT2D eigenvalue weighted by molar-refractivity contribution is 6.30. The lowest BCUT2D eigenvalue weighted by atomic mass is 10.0. The Kier molecular flexibility index (Phi) is 3.47. The molecule has 0 radical (unpaired) electrons. The molecule has 0 aliphatic rings. The number of aliphatic hydroxyl groups is 1. The van der Waals surface area contributed by atoms with Gasteiger partial charge < -0.3 is 9.52 Å². The molecule has 0 saturated carbocycles. The Morgan fingerprint density at radius 2 is 2.05 bits per heavy atom. The lowest BCUT2D eigenvalue weighted by Gasteiger charge is -2.10. The van der Waals surface area contributed by atoms with Crippen molar-refractivity contribution in [3.05, 3.63) is 64.5 Å². The van der Waals surface area contributed by atoms with Crippen LogP contribution in [0.25, 0.3) is 11.1 Å². The standard InChI is InChI=1S/C16H14ClNO2/c1-10-6-11(8-12(17)7-10)14(19)9-16-18-13-4-2-3-5-15(13)20-16/h2-8,14,19H,9H2,1H3. The quantitative estimate of drug-likeness (QED) is 0.790. The van der Waals surface area contributed by atoms with Crippen LogP contribution < -0.4 is 0 Å². The van der Waals surface area contributed by atoms with Gasteiger partial charge in [0, 0.05) is 5.02 Å². The highest BCUT2D eigenvalue weighted by Gasteiger charge is 2.14. The lowest BCUT2D eigenvalue weighted by molar-refractivity contribution is 0.169. The van der Waals surface area contributed by atoms with Gasteiger partial charge in [0.2, 0.25) is 0 Å². The number of halogens is 1. The summed E-state index contributed by atoms with van der Waals surface area (Å²) in [6, 6.07) is 13.1. The molecule has 0 aliphatic carbocycles. The summed E-state index contributed by atoms with van der Waals surface area (Å²) in [6.45, 7) is 1.95. The fraction of sp³-hybridized carbons (Fsp3) is 0.188. The van der Waals surface area contributed by atoms with Crippen molar-refractivity contribution < 1.29 is 9.52 Å². The lowest BCUT2D eigenvalue weighted by Crippen LogP contribution is -2.02. The molecular formula is C16H14ClNO2. The fourth-order valence-corrected chi connectivity index (χ4v) is 2.55. The van der Waals surface area contributed by atoms with Crippen LogP contribution in [0.4, 0.5) is 0 Å². The van der Waals surface area contributed by atoms with Crippen LogP contribution >= 0.6 is 11.6 Å². The average molecular weight is 288 g/mol. The number of para-hydroxylation sites is 2. The number of hydrogen-bond acceptors (Lipinski definition) is 3. The minimum absolute atomic E-state index is 0.328. The van der Waals surface area contributed by atoms with Gasteiger partial charge in [-0.05, 0) is 42.3 Å². The molecule has 3 aromatic rings. The molecule has 1 unspecified atom stereocenters. The molecule has 2 aromatic carbocycles. The minimum atomic E-state index is -0.680. The van der Waals surface area contributed by atoms with Crippen molar-refractivity contribution in [3.63, 3.8) is 0 Å². The molecule has 0 fully saturated rings. The molecule has 0 bridgehead atoms. The Bertz CT molecular complexity index is 698. The molecule has 1 heterocycles. The number of fused-ring (bicyclic) bond motifs is 1. The highest BCUT2D eigenvalue weighted by atomic mass is 35.5. The van der Waals surface area contributed by atoms with Crippen LogP contribution in [0.3, 0.4) is 0 Å². The van der Waals surface area contributed by atoms with Gasteiger partial charge in [0.05, 0.1) is 12.5 Å². The average Bonchev–Trinajstić information content (AvgIpc) is 2.79. The maximum Gasteiger partial charge on any atom is 0.198 e. The first kappa shape index (κ1) is 13.2. The van der Waals surface area contributed by atoms with Crippen molar-refractivity contribution in [1.29, 1.82) is 0 Å². The van der Waals surface area contributed by atoms with Crippen molar-refractivity contribution in [2.75, 3.05) is 0 Å². The van der Waals surface area contributed by atoms with Gasteiger partial charge in [0.1, 0.15) is 5.52 Å². The third-order valence-electron chi connectivity index (χ3n) is 3.16. The summed E-state index contributed by atoms with van der Waals surface area (Å²) in [4.78, 5) is 4.36. The predicted molar refractivity (Wildman–Crippen MR) is 78.9 cm³/mol. The third-order valence-corrected chi connectivity index (χ3v) is 3.37. The normalized spacial score (nSPS) is 12.8. The second kappa shape index (κ2) is 5.27. The van der Waals surface area contributed by atoms with E-state index in [-0.39, 0.29) is 0 Å². The zero-order valence-corrected chi connectivity index (χ0v) is 11.8. The van der Waals surface area contributed by atoms with E-state index < -0.39 is 6.10 Å².